The lowest BCUT2D eigenvalue weighted by Crippen LogP contribution is -2.10. The van der Waals surface area contributed by atoms with Crippen LogP contribution < -0.4 is 19.9 Å². The first kappa shape index (κ1) is 18.4. The van der Waals surface area contributed by atoms with Gasteiger partial charge in [-0.2, -0.15) is 0 Å². The predicted molar refractivity (Wildman–Crippen MR) is 106 cm³/mol. The van der Waals surface area contributed by atoms with Gasteiger partial charge >= 0.3 is 0 Å². The summed E-state index contributed by atoms with van der Waals surface area (Å²) in [6.45, 7) is 4.21. The lowest BCUT2D eigenvalue weighted by molar-refractivity contribution is 0.100. The summed E-state index contributed by atoms with van der Waals surface area (Å²) in [5, 5.41) is 0.788. The molecule has 1 amide bonds. The summed E-state index contributed by atoms with van der Waals surface area (Å²) in [6, 6.07) is 9.50. The van der Waals surface area contributed by atoms with Crippen LogP contribution in [0.1, 0.15) is 21.5 Å². The van der Waals surface area contributed by atoms with Crippen LogP contribution in [0.15, 0.2) is 43.1 Å². The van der Waals surface area contributed by atoms with E-state index in [0.717, 1.165) is 27.6 Å². The van der Waals surface area contributed by atoms with Gasteiger partial charge in [-0.15, -0.1) is 0 Å². The molecule has 2 N–H and O–H groups in total. The second kappa shape index (κ2) is 7.07. The zero-order valence-electron chi connectivity index (χ0n) is 15.8. The van der Waals surface area contributed by atoms with E-state index in [0.29, 0.717) is 22.8 Å². The molecule has 0 saturated heterocycles. The van der Waals surface area contributed by atoms with Gasteiger partial charge < -0.3 is 24.5 Å². The Hall–Kier alpha value is -3.41. The number of nitrogens with zero attached hydrogens (tertiary/aromatic N) is 1. The Morgan fingerprint density at radius 1 is 1.00 bits per heavy atom. The maximum atomic E-state index is 11.8. The van der Waals surface area contributed by atoms with E-state index < -0.39 is 5.91 Å². The number of carbonyl (C=O) groups excluding carboxylic acids is 1. The number of carbonyl (C=O) groups is 1. The Kier molecular flexibility index (Phi) is 4.81. The van der Waals surface area contributed by atoms with Crippen molar-refractivity contribution in [1.82, 2.24) is 4.57 Å². The van der Waals surface area contributed by atoms with Gasteiger partial charge in [0.1, 0.15) is 0 Å². The summed E-state index contributed by atoms with van der Waals surface area (Å²) < 4.78 is 18.1. The predicted octanol–water partition coefficient (Wildman–Crippen LogP) is 3.36. The SMILES string of the molecule is C=C(c1cc(OC)c(OC)c(OC)c1)c1ccc2c(c1)c(C(N)=O)cn2C. The summed E-state index contributed by atoms with van der Waals surface area (Å²) >= 11 is 0. The Morgan fingerprint density at radius 2 is 1.63 bits per heavy atom. The number of amides is 1. The maximum absolute atomic E-state index is 11.8. The van der Waals surface area contributed by atoms with Crippen molar-refractivity contribution in [1.29, 1.82) is 0 Å². The topological polar surface area (TPSA) is 75.7 Å². The van der Waals surface area contributed by atoms with Crippen molar-refractivity contribution >= 4 is 22.4 Å². The highest BCUT2D eigenvalue weighted by molar-refractivity contribution is 6.07. The van der Waals surface area contributed by atoms with Crippen LogP contribution in [0.25, 0.3) is 16.5 Å². The molecule has 27 heavy (non-hydrogen) atoms. The van der Waals surface area contributed by atoms with Crippen molar-refractivity contribution < 1.29 is 19.0 Å². The highest BCUT2D eigenvalue weighted by Gasteiger charge is 2.17. The van der Waals surface area contributed by atoms with Crippen molar-refractivity contribution in [3.05, 3.63) is 59.8 Å². The summed E-state index contributed by atoms with van der Waals surface area (Å²) in [4.78, 5) is 11.8. The molecule has 0 unspecified atom stereocenters. The van der Waals surface area contributed by atoms with Crippen LogP contribution in [-0.2, 0) is 7.05 Å². The average molecular weight is 366 g/mol. The lowest BCUT2D eigenvalue weighted by Gasteiger charge is -2.15. The maximum Gasteiger partial charge on any atom is 0.250 e. The zero-order chi connectivity index (χ0) is 19.7. The van der Waals surface area contributed by atoms with Gasteiger partial charge in [-0.1, -0.05) is 12.6 Å². The molecule has 0 aliphatic carbocycles. The molecule has 0 spiro atoms. The number of aryl methyl sites for hydroxylation is 1. The first-order chi connectivity index (χ1) is 12.9. The molecule has 1 heterocycles. The van der Waals surface area contributed by atoms with Gasteiger partial charge in [-0.3, -0.25) is 4.79 Å². The first-order valence-corrected chi connectivity index (χ1v) is 8.29. The minimum absolute atomic E-state index is 0.462. The second-order valence-corrected chi connectivity index (χ2v) is 6.14. The molecule has 0 aliphatic rings. The number of methoxy groups -OCH3 is 3. The standard InChI is InChI=1S/C21H22N2O4/c1-12(14-9-18(25-3)20(27-5)19(10-14)26-4)13-6-7-17-15(8-13)16(21(22)24)11-23(17)2/h6-11H,1H2,2-5H3,(H2,22,24). The third kappa shape index (κ3) is 3.10. The molecular weight excluding hydrogens is 344 g/mol. The molecule has 0 saturated carbocycles. The van der Waals surface area contributed by atoms with Crippen molar-refractivity contribution in [3.63, 3.8) is 0 Å². The molecular formula is C21H22N2O4. The molecule has 0 aliphatic heterocycles. The zero-order valence-corrected chi connectivity index (χ0v) is 15.8. The van der Waals surface area contributed by atoms with E-state index >= 15 is 0 Å². The highest BCUT2D eigenvalue weighted by Crippen LogP contribution is 2.41. The second-order valence-electron chi connectivity index (χ2n) is 6.14. The molecule has 3 rings (SSSR count). The van der Waals surface area contributed by atoms with Crippen LogP contribution in [-0.4, -0.2) is 31.8 Å². The van der Waals surface area contributed by atoms with Crippen molar-refractivity contribution in [3.8, 4) is 17.2 Å². The third-order valence-electron chi connectivity index (χ3n) is 4.62. The number of hydrogen-bond acceptors (Lipinski definition) is 4. The van der Waals surface area contributed by atoms with E-state index in [1.807, 2.05) is 41.9 Å². The minimum Gasteiger partial charge on any atom is -0.493 e. The van der Waals surface area contributed by atoms with E-state index in [-0.39, 0.29) is 0 Å². The summed E-state index contributed by atoms with van der Waals surface area (Å²) in [6.07, 6.45) is 1.74. The fraction of sp³-hybridized carbons (Fsp3) is 0.190. The molecule has 0 bridgehead atoms. The molecule has 2 aromatic carbocycles. The largest absolute Gasteiger partial charge is 0.493 e. The first-order valence-electron chi connectivity index (χ1n) is 8.29. The van der Waals surface area contributed by atoms with Crippen molar-refractivity contribution in [2.75, 3.05) is 21.3 Å². The quantitative estimate of drug-likeness (QED) is 0.726. The molecule has 140 valence electrons. The Morgan fingerprint density at radius 3 is 2.15 bits per heavy atom. The smallest absolute Gasteiger partial charge is 0.250 e. The van der Waals surface area contributed by atoms with Gasteiger partial charge in [-0.05, 0) is 41.0 Å². The van der Waals surface area contributed by atoms with Gasteiger partial charge in [0.2, 0.25) is 5.75 Å². The number of benzene rings is 2. The Bertz CT molecular complexity index is 1020. The molecule has 0 fully saturated rings. The summed E-state index contributed by atoms with van der Waals surface area (Å²) in [5.41, 5.74) is 9.36. The van der Waals surface area contributed by atoms with Crippen LogP contribution in [0.3, 0.4) is 0 Å². The van der Waals surface area contributed by atoms with Gasteiger partial charge in [0.15, 0.2) is 11.5 Å². The van der Waals surface area contributed by atoms with Crippen LogP contribution in [0.5, 0.6) is 17.2 Å². The van der Waals surface area contributed by atoms with E-state index in [9.17, 15) is 4.79 Å². The number of fused-ring (bicyclic) bond motifs is 1. The minimum atomic E-state index is -0.462. The van der Waals surface area contributed by atoms with Crippen LogP contribution in [0.2, 0.25) is 0 Å². The average Bonchev–Trinajstić information content (AvgIpc) is 3.02. The van der Waals surface area contributed by atoms with Gasteiger partial charge in [0, 0.05) is 24.1 Å². The number of primary amides is 1. The van der Waals surface area contributed by atoms with Gasteiger partial charge in [0.25, 0.3) is 5.91 Å². The number of nitrogens with two attached hydrogens (primary N) is 1. The fourth-order valence-electron chi connectivity index (χ4n) is 3.20. The summed E-state index contributed by atoms with van der Waals surface area (Å²) in [7, 11) is 6.57. The number of hydrogen-bond donors (Lipinski definition) is 1. The molecule has 3 aromatic rings. The fourth-order valence-corrected chi connectivity index (χ4v) is 3.20. The molecule has 6 heteroatoms. The number of aromatic nitrogens is 1. The molecule has 1 aromatic heterocycles. The van der Waals surface area contributed by atoms with Gasteiger partial charge in [-0.25, -0.2) is 0 Å². The van der Waals surface area contributed by atoms with Gasteiger partial charge in [0.05, 0.1) is 26.9 Å². The van der Waals surface area contributed by atoms with Crippen molar-refractivity contribution in [2.24, 2.45) is 12.8 Å². The van der Waals surface area contributed by atoms with E-state index in [2.05, 4.69) is 6.58 Å². The molecule has 6 nitrogen and oxygen atoms in total. The number of ether oxygens (including phenoxy) is 3. The lowest BCUT2D eigenvalue weighted by atomic mass is 9.97. The number of rotatable bonds is 6. The van der Waals surface area contributed by atoms with Crippen LogP contribution in [0.4, 0.5) is 0 Å². The highest BCUT2D eigenvalue weighted by atomic mass is 16.5. The van der Waals surface area contributed by atoms with Crippen LogP contribution >= 0.6 is 0 Å². The van der Waals surface area contributed by atoms with Crippen LogP contribution in [0, 0.1) is 0 Å². The van der Waals surface area contributed by atoms with Crippen molar-refractivity contribution in [2.45, 2.75) is 0 Å². The Labute approximate surface area is 157 Å². The van der Waals surface area contributed by atoms with E-state index in [4.69, 9.17) is 19.9 Å². The monoisotopic (exact) mass is 366 g/mol. The Balaban J connectivity index is 2.13. The summed E-state index contributed by atoms with van der Waals surface area (Å²) in [5.74, 6) is 1.15. The van der Waals surface area contributed by atoms with E-state index in [1.165, 1.54) is 0 Å². The molecule has 0 atom stereocenters. The third-order valence-corrected chi connectivity index (χ3v) is 4.62. The normalized spacial score (nSPS) is 10.7. The van der Waals surface area contributed by atoms with E-state index in [1.54, 1.807) is 27.5 Å². The molecule has 0 radical (unpaired) electrons.